The Balaban J connectivity index is 2.77. The Morgan fingerprint density at radius 1 is 1.27 bits per heavy atom. The normalized spacial score (nSPS) is 14.7. The van der Waals surface area contributed by atoms with Crippen LogP contribution in [0.1, 0.15) is 38.7 Å². The molecule has 0 aromatic heterocycles. The van der Waals surface area contributed by atoms with Gasteiger partial charge in [0.05, 0.1) is 0 Å². The second-order valence-electron chi connectivity index (χ2n) is 4.14. The van der Waals surface area contributed by atoms with Gasteiger partial charge in [-0.3, -0.25) is 0 Å². The van der Waals surface area contributed by atoms with Crippen LogP contribution in [0.2, 0.25) is 0 Å². The number of para-hydroxylation sites is 1. The van der Waals surface area contributed by atoms with Gasteiger partial charge >= 0.3 is 0 Å². The topological polar surface area (TPSA) is 35.2 Å². The summed E-state index contributed by atoms with van der Waals surface area (Å²) in [5.74, 6) is 1.51. The largest absolute Gasteiger partial charge is 0.492 e. The van der Waals surface area contributed by atoms with Gasteiger partial charge < -0.3 is 10.5 Å². The molecule has 2 heteroatoms. The SMILES string of the molecule is CCC(C)c1ccccc1OC[C@@H](C)N. The third-order valence-electron chi connectivity index (χ3n) is 2.56. The highest BCUT2D eigenvalue weighted by Crippen LogP contribution is 2.28. The highest BCUT2D eigenvalue weighted by atomic mass is 16.5. The van der Waals surface area contributed by atoms with Crippen molar-refractivity contribution < 1.29 is 4.74 Å². The fourth-order valence-electron chi connectivity index (χ4n) is 1.46. The van der Waals surface area contributed by atoms with Crippen LogP contribution in [0.4, 0.5) is 0 Å². The minimum Gasteiger partial charge on any atom is -0.492 e. The lowest BCUT2D eigenvalue weighted by atomic mass is 9.98. The van der Waals surface area contributed by atoms with Crippen molar-refractivity contribution in [3.63, 3.8) is 0 Å². The summed E-state index contributed by atoms with van der Waals surface area (Å²) in [6.07, 6.45) is 1.12. The van der Waals surface area contributed by atoms with Crippen LogP contribution in [0.25, 0.3) is 0 Å². The fourth-order valence-corrected chi connectivity index (χ4v) is 1.46. The lowest BCUT2D eigenvalue weighted by Crippen LogP contribution is -2.24. The first kappa shape index (κ1) is 12.1. The van der Waals surface area contributed by atoms with Crippen LogP contribution in [0.3, 0.4) is 0 Å². The molecule has 1 unspecified atom stereocenters. The van der Waals surface area contributed by atoms with Crippen LogP contribution in [-0.2, 0) is 0 Å². The van der Waals surface area contributed by atoms with Gasteiger partial charge in [-0.05, 0) is 30.9 Å². The summed E-state index contributed by atoms with van der Waals surface area (Å²) in [6.45, 7) is 6.93. The second-order valence-corrected chi connectivity index (χ2v) is 4.14. The highest BCUT2D eigenvalue weighted by molar-refractivity contribution is 5.35. The molecule has 0 heterocycles. The van der Waals surface area contributed by atoms with Crippen LogP contribution in [0.5, 0.6) is 5.75 Å². The molecule has 84 valence electrons. The zero-order chi connectivity index (χ0) is 11.3. The Labute approximate surface area is 92.4 Å². The smallest absolute Gasteiger partial charge is 0.122 e. The van der Waals surface area contributed by atoms with E-state index in [-0.39, 0.29) is 6.04 Å². The molecule has 0 saturated heterocycles. The van der Waals surface area contributed by atoms with E-state index < -0.39 is 0 Å². The van der Waals surface area contributed by atoms with Gasteiger partial charge in [0.2, 0.25) is 0 Å². The molecule has 0 saturated carbocycles. The van der Waals surface area contributed by atoms with E-state index >= 15 is 0 Å². The predicted molar refractivity (Wildman–Crippen MR) is 64.3 cm³/mol. The van der Waals surface area contributed by atoms with Gasteiger partial charge in [0, 0.05) is 6.04 Å². The molecular formula is C13H21NO. The third kappa shape index (κ3) is 3.56. The van der Waals surface area contributed by atoms with Crippen molar-refractivity contribution in [2.24, 2.45) is 5.73 Å². The maximum absolute atomic E-state index is 5.70. The van der Waals surface area contributed by atoms with Gasteiger partial charge in [-0.15, -0.1) is 0 Å². The number of rotatable bonds is 5. The predicted octanol–water partition coefficient (Wildman–Crippen LogP) is 2.93. The second kappa shape index (κ2) is 5.76. The van der Waals surface area contributed by atoms with Crippen LogP contribution in [-0.4, -0.2) is 12.6 Å². The molecule has 0 aliphatic carbocycles. The Morgan fingerprint density at radius 2 is 1.93 bits per heavy atom. The highest BCUT2D eigenvalue weighted by Gasteiger charge is 2.09. The van der Waals surface area contributed by atoms with Crippen molar-refractivity contribution in [1.29, 1.82) is 0 Å². The molecular weight excluding hydrogens is 186 g/mol. The molecule has 1 rings (SSSR count). The number of ether oxygens (including phenoxy) is 1. The van der Waals surface area contributed by atoms with E-state index in [1.807, 2.05) is 19.1 Å². The number of hydrogen-bond donors (Lipinski definition) is 1. The minimum atomic E-state index is 0.0787. The first-order valence-electron chi connectivity index (χ1n) is 5.62. The quantitative estimate of drug-likeness (QED) is 0.805. The summed E-state index contributed by atoms with van der Waals surface area (Å²) in [5.41, 5.74) is 6.95. The first-order chi connectivity index (χ1) is 7.15. The number of nitrogens with two attached hydrogens (primary N) is 1. The molecule has 0 amide bonds. The van der Waals surface area contributed by atoms with E-state index in [9.17, 15) is 0 Å². The summed E-state index contributed by atoms with van der Waals surface area (Å²) >= 11 is 0. The van der Waals surface area contributed by atoms with Crippen LogP contribution in [0, 0.1) is 0 Å². The standard InChI is InChI=1S/C13H21NO/c1-4-10(2)12-7-5-6-8-13(12)15-9-11(3)14/h5-8,10-11H,4,9,14H2,1-3H3/t10?,11-/m1/s1. The molecule has 0 bridgehead atoms. The molecule has 15 heavy (non-hydrogen) atoms. The van der Waals surface area contributed by atoms with E-state index in [2.05, 4.69) is 26.0 Å². The minimum absolute atomic E-state index is 0.0787. The average molecular weight is 207 g/mol. The first-order valence-corrected chi connectivity index (χ1v) is 5.62. The Hall–Kier alpha value is -1.02. The summed E-state index contributed by atoms with van der Waals surface area (Å²) in [4.78, 5) is 0. The summed E-state index contributed by atoms with van der Waals surface area (Å²) < 4.78 is 5.70. The van der Waals surface area contributed by atoms with Crippen LogP contribution >= 0.6 is 0 Å². The van der Waals surface area contributed by atoms with Gasteiger partial charge in [0.15, 0.2) is 0 Å². The molecule has 0 fully saturated rings. The van der Waals surface area contributed by atoms with Gasteiger partial charge in [0.25, 0.3) is 0 Å². The van der Waals surface area contributed by atoms with Crippen molar-refractivity contribution in [2.45, 2.75) is 39.2 Å². The van der Waals surface area contributed by atoms with E-state index in [1.165, 1.54) is 5.56 Å². The van der Waals surface area contributed by atoms with Gasteiger partial charge in [-0.25, -0.2) is 0 Å². The van der Waals surface area contributed by atoms with Crippen molar-refractivity contribution >= 4 is 0 Å². The molecule has 2 nitrogen and oxygen atoms in total. The van der Waals surface area contributed by atoms with Crippen LogP contribution in [0.15, 0.2) is 24.3 Å². The zero-order valence-corrected chi connectivity index (χ0v) is 9.86. The lowest BCUT2D eigenvalue weighted by Gasteiger charge is -2.16. The molecule has 0 spiro atoms. The molecule has 2 N–H and O–H groups in total. The van der Waals surface area contributed by atoms with Crippen molar-refractivity contribution in [2.75, 3.05) is 6.61 Å². The van der Waals surface area contributed by atoms with E-state index in [1.54, 1.807) is 0 Å². The Morgan fingerprint density at radius 3 is 2.53 bits per heavy atom. The average Bonchev–Trinajstić information content (AvgIpc) is 2.25. The molecule has 1 aromatic rings. The fraction of sp³-hybridized carbons (Fsp3) is 0.538. The Bertz CT molecular complexity index is 296. The number of benzene rings is 1. The summed E-state index contributed by atoms with van der Waals surface area (Å²) in [6, 6.07) is 8.28. The lowest BCUT2D eigenvalue weighted by molar-refractivity contribution is 0.292. The van der Waals surface area contributed by atoms with E-state index in [4.69, 9.17) is 10.5 Å². The molecule has 2 atom stereocenters. The van der Waals surface area contributed by atoms with E-state index in [0.717, 1.165) is 12.2 Å². The van der Waals surface area contributed by atoms with Gasteiger partial charge in [0.1, 0.15) is 12.4 Å². The van der Waals surface area contributed by atoms with Gasteiger partial charge in [-0.2, -0.15) is 0 Å². The maximum atomic E-state index is 5.70. The van der Waals surface area contributed by atoms with Gasteiger partial charge in [-0.1, -0.05) is 32.0 Å². The van der Waals surface area contributed by atoms with Crippen LogP contribution < -0.4 is 10.5 Å². The zero-order valence-electron chi connectivity index (χ0n) is 9.86. The Kier molecular flexibility index (Phi) is 4.63. The monoisotopic (exact) mass is 207 g/mol. The summed E-state index contributed by atoms with van der Waals surface area (Å²) in [5, 5.41) is 0. The van der Waals surface area contributed by atoms with E-state index in [0.29, 0.717) is 12.5 Å². The molecule has 1 aromatic carbocycles. The molecule has 0 aliphatic heterocycles. The summed E-state index contributed by atoms with van der Waals surface area (Å²) in [7, 11) is 0. The van der Waals surface area contributed by atoms with Crippen molar-refractivity contribution in [3.8, 4) is 5.75 Å². The molecule has 0 radical (unpaired) electrons. The number of hydrogen-bond acceptors (Lipinski definition) is 2. The van der Waals surface area contributed by atoms with Crippen molar-refractivity contribution in [1.82, 2.24) is 0 Å². The maximum Gasteiger partial charge on any atom is 0.122 e. The third-order valence-corrected chi connectivity index (χ3v) is 2.56. The molecule has 0 aliphatic rings. The van der Waals surface area contributed by atoms with Crippen molar-refractivity contribution in [3.05, 3.63) is 29.8 Å².